The lowest BCUT2D eigenvalue weighted by Gasteiger charge is -2.41. The number of carboxylic acids is 1. The van der Waals surface area contributed by atoms with Crippen molar-refractivity contribution in [3.05, 3.63) is 23.8 Å². The molecular formula is C65H99N5O17. The summed E-state index contributed by atoms with van der Waals surface area (Å²) in [6, 6.07) is 1.90. The SMILES string of the molecule is CC[C@H](C)[C@@H]([C@@H](CC(=O)N1CCC[C@H]1[C@H](OC)[C@@H](C)C(=O)C[C@@H](Cc1ccc2c(c1)NC(=O)[C@H](C)CC(=O)[C@H](C)NC(=O)CCOCCCC(=O)C#CC(=O)CCCOCCC(=O)O2)C(=O)O)OC)N(C)C(=O)[C@@H](CC(=O)[C@H](C(C)C)N(C)C)C(C)C. The lowest BCUT2D eigenvalue weighted by molar-refractivity contribution is -0.149. The average Bonchev–Trinajstić information content (AvgIpc) is 3.68. The van der Waals surface area contributed by atoms with E-state index in [1.54, 1.807) is 23.8 Å². The lowest BCUT2D eigenvalue weighted by Crippen LogP contribution is -2.54. The molecule has 3 rings (SSSR count). The first-order chi connectivity index (χ1) is 41.1. The first-order valence-electron chi connectivity index (χ1n) is 30.8. The highest BCUT2D eigenvalue weighted by molar-refractivity contribution is 6.04. The van der Waals surface area contributed by atoms with Crippen molar-refractivity contribution in [3.63, 3.8) is 0 Å². The fourth-order valence-electron chi connectivity index (χ4n) is 11.5. The number of hydrogen-bond acceptors (Lipinski definition) is 17. The number of carboxylic acid groups (broad SMARTS) is 1. The number of esters is 1. The highest BCUT2D eigenvalue weighted by Crippen LogP contribution is 2.34. The third-order valence-electron chi connectivity index (χ3n) is 16.7. The minimum atomic E-state index is -1.29. The number of aliphatic carboxylic acids is 1. The van der Waals surface area contributed by atoms with Crippen LogP contribution in [0.3, 0.4) is 0 Å². The Kier molecular flexibility index (Phi) is 32.4. The second-order valence-corrected chi connectivity index (χ2v) is 24.4. The van der Waals surface area contributed by atoms with Crippen molar-refractivity contribution in [1.29, 1.82) is 0 Å². The second-order valence-electron chi connectivity index (χ2n) is 24.4. The first kappa shape index (κ1) is 75.0. The molecule has 3 N–H and O–H groups in total. The Morgan fingerprint density at radius 1 is 0.782 bits per heavy atom. The number of nitrogens with zero attached hydrogens (tertiary/aromatic N) is 3. The zero-order valence-electron chi connectivity index (χ0n) is 54.0. The van der Waals surface area contributed by atoms with Gasteiger partial charge in [0.15, 0.2) is 17.3 Å². The molecule has 0 spiro atoms. The summed E-state index contributed by atoms with van der Waals surface area (Å²) in [6.07, 6.45) is -0.373. The van der Waals surface area contributed by atoms with Crippen LogP contribution in [0, 0.1) is 53.3 Å². The van der Waals surface area contributed by atoms with Gasteiger partial charge in [-0.15, -0.1) is 0 Å². The van der Waals surface area contributed by atoms with Gasteiger partial charge in [0.05, 0.1) is 74.0 Å². The Bertz CT molecular complexity index is 2580. The van der Waals surface area contributed by atoms with Crippen LogP contribution in [0.4, 0.5) is 5.69 Å². The summed E-state index contributed by atoms with van der Waals surface area (Å²) < 4.78 is 28.7. The van der Waals surface area contributed by atoms with E-state index in [2.05, 4.69) is 22.5 Å². The number of likely N-dealkylation sites (N-methyl/N-ethyl adjacent to an activating group) is 2. The van der Waals surface area contributed by atoms with Gasteiger partial charge in [-0.25, -0.2) is 0 Å². The third-order valence-corrected chi connectivity index (χ3v) is 16.7. The molecule has 2 heterocycles. The Morgan fingerprint density at radius 3 is 1.95 bits per heavy atom. The quantitative estimate of drug-likeness (QED) is 0.0483. The predicted octanol–water partition coefficient (Wildman–Crippen LogP) is 6.10. The monoisotopic (exact) mass is 1220 g/mol. The molecule has 1 aromatic rings. The number of amides is 4. The van der Waals surface area contributed by atoms with Gasteiger partial charge in [0.1, 0.15) is 5.78 Å². The van der Waals surface area contributed by atoms with E-state index in [9.17, 15) is 57.8 Å². The highest BCUT2D eigenvalue weighted by atomic mass is 16.5. The molecule has 486 valence electrons. The molecule has 0 radical (unpaired) electrons. The Balaban J connectivity index is 1.84. The number of hydrogen-bond donors (Lipinski definition) is 3. The maximum absolute atomic E-state index is 14.6. The largest absolute Gasteiger partial charge is 0.481 e. The molecule has 4 amide bonds. The molecule has 22 heteroatoms. The van der Waals surface area contributed by atoms with Crippen LogP contribution in [0.25, 0.3) is 0 Å². The van der Waals surface area contributed by atoms with Crippen LogP contribution in [0.5, 0.6) is 5.75 Å². The van der Waals surface area contributed by atoms with E-state index in [-0.39, 0.29) is 137 Å². The van der Waals surface area contributed by atoms with Crippen molar-refractivity contribution in [2.45, 2.75) is 189 Å². The zero-order chi connectivity index (χ0) is 65.2. The lowest BCUT2D eigenvalue weighted by atomic mass is 9.83. The summed E-state index contributed by atoms with van der Waals surface area (Å²) in [5.41, 5.74) is 0.327. The van der Waals surface area contributed by atoms with Gasteiger partial charge in [0.25, 0.3) is 0 Å². The number of carbonyl (C=O) groups is 11. The molecular weight excluding hydrogens is 1120 g/mol. The number of carbonyl (C=O) groups excluding carboxylic acids is 10. The number of fused-ring (bicyclic) bond motifs is 1. The van der Waals surface area contributed by atoms with Crippen LogP contribution in [0.1, 0.15) is 151 Å². The van der Waals surface area contributed by atoms with E-state index in [4.69, 9.17) is 23.7 Å². The standard InChI is InChI=1S/C65H99N5O17/c1-15-41(6)61(69(12)64(80)49(39(2)3)37-54(75)60(40(4)5)68(10)11)56(83-13)38-58(77)70-28-16-21-51(70)62(84-14)43(8)52(73)36-46(65(81)82)34-45-22-25-55-50(35-45)67-63(79)42(7)33-53(74)44(9)66-57(76)26-31-85-29-17-19-47(71)23-24-48(72)20-18-30-86-32-27-59(78)87-55/h22,25,35,39-44,46,49,51,56,60-62H,15-21,26-34,36-38H2,1-14H3,(H,66,76)(H,67,79)(H,81,82)/t41-,42+,43-,44-,46+,49-,51-,56+,60-,61-,62+/m0/s1. The summed E-state index contributed by atoms with van der Waals surface area (Å²) in [7, 11) is 8.39. The molecule has 0 saturated carbocycles. The molecule has 11 atom stereocenters. The summed E-state index contributed by atoms with van der Waals surface area (Å²) in [4.78, 5) is 153. The van der Waals surface area contributed by atoms with Crippen molar-refractivity contribution in [2.75, 3.05) is 73.7 Å². The Hall–Kier alpha value is -6.25. The summed E-state index contributed by atoms with van der Waals surface area (Å²) >= 11 is 0. The number of rotatable bonds is 23. The minimum absolute atomic E-state index is 0.0120. The van der Waals surface area contributed by atoms with Gasteiger partial charge >= 0.3 is 11.9 Å². The number of ether oxygens (including phenoxy) is 5. The molecule has 0 aliphatic carbocycles. The molecule has 1 saturated heterocycles. The molecule has 0 unspecified atom stereocenters. The normalized spacial score (nSPS) is 21.5. The smallest absolute Gasteiger partial charge is 0.313 e. The minimum Gasteiger partial charge on any atom is -0.481 e. The average molecular weight is 1220 g/mol. The van der Waals surface area contributed by atoms with Gasteiger partial charge in [0.2, 0.25) is 35.2 Å². The molecule has 22 nitrogen and oxygen atoms in total. The van der Waals surface area contributed by atoms with Crippen LogP contribution < -0.4 is 15.4 Å². The van der Waals surface area contributed by atoms with Crippen LogP contribution in [-0.4, -0.2) is 189 Å². The number of benzene rings is 1. The highest BCUT2D eigenvalue weighted by Gasteiger charge is 2.44. The van der Waals surface area contributed by atoms with Crippen molar-refractivity contribution < 1.29 is 81.5 Å². The third kappa shape index (κ3) is 24.0. The molecule has 0 bridgehead atoms. The first-order valence-corrected chi connectivity index (χ1v) is 30.8. The maximum Gasteiger partial charge on any atom is 0.313 e. The van der Waals surface area contributed by atoms with Gasteiger partial charge in [0, 0.05) is 97.3 Å². The van der Waals surface area contributed by atoms with Crippen LogP contribution in [0.15, 0.2) is 18.2 Å². The second kappa shape index (κ2) is 37.6. The molecule has 2 aliphatic heterocycles. The van der Waals surface area contributed by atoms with E-state index in [0.717, 1.165) is 0 Å². The number of Topliss-reactive ketones (excluding diaryl/α,β-unsaturated/α-hetero) is 5. The van der Waals surface area contributed by atoms with Crippen LogP contribution in [-0.2, 0) is 78.1 Å². The number of anilines is 1. The topological polar surface area (TPSA) is 288 Å². The fraction of sp³-hybridized carbons (Fsp3) is 0.708. The Labute approximate surface area is 514 Å². The van der Waals surface area contributed by atoms with E-state index in [1.165, 1.54) is 46.3 Å². The summed E-state index contributed by atoms with van der Waals surface area (Å²) in [5, 5.41) is 15.9. The number of ketones is 5. The summed E-state index contributed by atoms with van der Waals surface area (Å²) in [6.45, 7) is 17.0. The van der Waals surface area contributed by atoms with E-state index < -0.39 is 107 Å². The van der Waals surface area contributed by atoms with Crippen molar-refractivity contribution >= 4 is 70.2 Å². The van der Waals surface area contributed by atoms with E-state index in [0.29, 0.717) is 37.8 Å². The fourth-order valence-corrected chi connectivity index (χ4v) is 11.5. The Morgan fingerprint density at radius 2 is 1.40 bits per heavy atom. The van der Waals surface area contributed by atoms with Gasteiger partial charge in [-0.3, -0.25) is 57.6 Å². The molecule has 1 aromatic carbocycles. The van der Waals surface area contributed by atoms with Gasteiger partial charge < -0.3 is 49.2 Å². The van der Waals surface area contributed by atoms with Crippen LogP contribution in [0.2, 0.25) is 0 Å². The van der Waals surface area contributed by atoms with Gasteiger partial charge in [-0.2, -0.15) is 0 Å². The van der Waals surface area contributed by atoms with Gasteiger partial charge in [-0.1, -0.05) is 67.9 Å². The number of nitrogens with one attached hydrogen (secondary N) is 2. The summed E-state index contributed by atoms with van der Waals surface area (Å²) in [5.74, 6) is -4.80. The molecule has 87 heavy (non-hydrogen) atoms. The van der Waals surface area contributed by atoms with Crippen LogP contribution >= 0.6 is 0 Å². The zero-order valence-corrected chi connectivity index (χ0v) is 54.0. The van der Waals surface area contributed by atoms with Gasteiger partial charge in [-0.05, 0) is 100 Å². The van der Waals surface area contributed by atoms with E-state index >= 15 is 0 Å². The van der Waals surface area contributed by atoms with Crippen molar-refractivity contribution in [3.8, 4) is 17.6 Å². The number of methoxy groups -OCH3 is 2. The maximum atomic E-state index is 14.6. The molecule has 1 fully saturated rings. The molecule has 0 aromatic heterocycles. The number of likely N-dealkylation sites (tertiary alicyclic amines) is 1. The van der Waals surface area contributed by atoms with Crippen molar-refractivity contribution in [1.82, 2.24) is 20.0 Å². The van der Waals surface area contributed by atoms with E-state index in [1.807, 2.05) is 60.5 Å². The van der Waals surface area contributed by atoms with Crippen molar-refractivity contribution in [2.24, 2.45) is 41.4 Å². The predicted molar refractivity (Wildman–Crippen MR) is 325 cm³/mol. The molecule has 2 aliphatic rings.